The Morgan fingerprint density at radius 3 is 2.90 bits per heavy atom. The van der Waals surface area contributed by atoms with Crippen molar-refractivity contribution in [3.63, 3.8) is 0 Å². The van der Waals surface area contributed by atoms with Crippen molar-refractivity contribution < 1.29 is 4.79 Å². The van der Waals surface area contributed by atoms with Gasteiger partial charge >= 0.3 is 0 Å². The van der Waals surface area contributed by atoms with Gasteiger partial charge in [0.15, 0.2) is 0 Å². The van der Waals surface area contributed by atoms with Crippen molar-refractivity contribution in [1.82, 2.24) is 10.2 Å². The molecule has 0 aromatic rings. The molecule has 1 aliphatic rings. The summed E-state index contributed by atoms with van der Waals surface area (Å²) in [5.41, 5.74) is 0. The predicted octanol–water partition coefficient (Wildman–Crippen LogP) is -0.173. The van der Waals surface area contributed by atoms with Crippen LogP contribution < -0.4 is 5.32 Å². The average Bonchev–Trinajstić information content (AvgIpc) is 2.34. The van der Waals surface area contributed by atoms with E-state index in [1.54, 1.807) is 0 Å². The molecular weight excluding hydrogens is 128 g/mol. The first-order valence-corrected chi connectivity index (χ1v) is 3.73. The van der Waals surface area contributed by atoms with Crippen LogP contribution in [0.4, 0.5) is 0 Å². The fraction of sp³-hybridized carbons (Fsp3) is 0.857. The lowest BCUT2D eigenvalue weighted by molar-refractivity contribution is -0.123. The zero-order valence-corrected chi connectivity index (χ0v) is 6.55. The van der Waals surface area contributed by atoms with Gasteiger partial charge in [-0.1, -0.05) is 6.92 Å². The largest absolute Gasteiger partial charge is 0.355 e. The lowest BCUT2D eigenvalue weighted by Crippen LogP contribution is -2.37. The van der Waals surface area contributed by atoms with Gasteiger partial charge in [0.05, 0.1) is 6.04 Å². The summed E-state index contributed by atoms with van der Waals surface area (Å²) in [6, 6.07) is 0.130. The molecule has 1 fully saturated rings. The summed E-state index contributed by atoms with van der Waals surface area (Å²) in [5, 5.41) is 2.80. The highest BCUT2D eigenvalue weighted by atomic mass is 16.2. The number of nitrogens with zero attached hydrogens (tertiary/aromatic N) is 1. The van der Waals surface area contributed by atoms with Crippen LogP contribution in [0, 0.1) is 0 Å². The molecule has 1 rings (SSSR count). The van der Waals surface area contributed by atoms with Crippen LogP contribution in [0.3, 0.4) is 0 Å². The topological polar surface area (TPSA) is 32.3 Å². The highest BCUT2D eigenvalue weighted by Gasteiger charge is 2.26. The molecule has 58 valence electrons. The number of likely N-dealkylation sites (N-methyl/N-ethyl adjacent to an activating group) is 1. The minimum Gasteiger partial charge on any atom is -0.355 e. The summed E-state index contributed by atoms with van der Waals surface area (Å²) in [5.74, 6) is 0.185. The summed E-state index contributed by atoms with van der Waals surface area (Å²) >= 11 is 0. The van der Waals surface area contributed by atoms with Crippen LogP contribution in [0.5, 0.6) is 0 Å². The number of hydrogen-bond acceptors (Lipinski definition) is 2. The Labute approximate surface area is 61.4 Å². The van der Waals surface area contributed by atoms with Crippen molar-refractivity contribution in [2.75, 3.05) is 20.1 Å². The number of carbonyl (C=O) groups is 1. The first kappa shape index (κ1) is 7.54. The summed E-state index contributed by atoms with van der Waals surface area (Å²) in [6.45, 7) is 3.84. The summed E-state index contributed by atoms with van der Waals surface area (Å²) in [6.07, 6.45) is 0.961. The van der Waals surface area contributed by atoms with Crippen molar-refractivity contribution in [3.8, 4) is 0 Å². The van der Waals surface area contributed by atoms with E-state index in [0.29, 0.717) is 0 Å². The first-order valence-electron chi connectivity index (χ1n) is 3.73. The van der Waals surface area contributed by atoms with Gasteiger partial charge in [0, 0.05) is 6.54 Å². The molecule has 0 spiro atoms. The van der Waals surface area contributed by atoms with Crippen molar-refractivity contribution in [3.05, 3.63) is 0 Å². The monoisotopic (exact) mass is 142 g/mol. The maximum atomic E-state index is 11.0. The molecule has 1 amide bonds. The smallest absolute Gasteiger partial charge is 0.237 e. The zero-order valence-electron chi connectivity index (χ0n) is 6.55. The Morgan fingerprint density at radius 2 is 2.50 bits per heavy atom. The quantitative estimate of drug-likeness (QED) is 0.580. The molecule has 0 aromatic carbocycles. The predicted molar refractivity (Wildman–Crippen MR) is 39.7 cm³/mol. The van der Waals surface area contributed by atoms with Gasteiger partial charge in [0.1, 0.15) is 0 Å². The third-order valence-electron chi connectivity index (χ3n) is 2.05. The number of nitrogens with one attached hydrogen (secondary N) is 1. The minimum absolute atomic E-state index is 0.130. The summed E-state index contributed by atoms with van der Waals surface area (Å²) in [7, 11) is 1.98. The Kier molecular flexibility index (Phi) is 2.27. The van der Waals surface area contributed by atoms with Crippen molar-refractivity contribution in [2.24, 2.45) is 0 Å². The Hall–Kier alpha value is -0.570. The van der Waals surface area contributed by atoms with Gasteiger partial charge in [0.25, 0.3) is 0 Å². The molecule has 1 saturated heterocycles. The fourth-order valence-corrected chi connectivity index (χ4v) is 1.22. The summed E-state index contributed by atoms with van der Waals surface area (Å²) in [4.78, 5) is 13.1. The van der Waals surface area contributed by atoms with Gasteiger partial charge in [-0.25, -0.2) is 0 Å². The molecule has 1 heterocycles. The van der Waals surface area contributed by atoms with Gasteiger partial charge in [-0.2, -0.15) is 0 Å². The number of rotatable bonds is 2. The van der Waals surface area contributed by atoms with Gasteiger partial charge in [-0.3, -0.25) is 9.69 Å². The van der Waals surface area contributed by atoms with Crippen LogP contribution >= 0.6 is 0 Å². The molecule has 1 aliphatic heterocycles. The van der Waals surface area contributed by atoms with Crippen LogP contribution in [0.25, 0.3) is 0 Å². The minimum atomic E-state index is 0.130. The maximum absolute atomic E-state index is 11.0. The molecule has 1 atom stereocenters. The Morgan fingerprint density at radius 1 is 1.80 bits per heavy atom. The maximum Gasteiger partial charge on any atom is 0.237 e. The number of hydrogen-bond donors (Lipinski definition) is 1. The highest BCUT2D eigenvalue weighted by Crippen LogP contribution is 2.06. The van der Waals surface area contributed by atoms with Gasteiger partial charge in [-0.05, 0) is 20.0 Å². The van der Waals surface area contributed by atoms with Crippen molar-refractivity contribution in [1.29, 1.82) is 0 Å². The molecule has 0 bridgehead atoms. The molecule has 0 radical (unpaired) electrons. The lowest BCUT2D eigenvalue weighted by atomic mass is 10.2. The van der Waals surface area contributed by atoms with E-state index in [1.165, 1.54) is 0 Å². The van der Waals surface area contributed by atoms with E-state index in [4.69, 9.17) is 0 Å². The van der Waals surface area contributed by atoms with E-state index in [0.717, 1.165) is 19.5 Å². The van der Waals surface area contributed by atoms with Crippen LogP contribution in [0.2, 0.25) is 0 Å². The number of carbonyl (C=O) groups excluding carboxylic acids is 1. The zero-order chi connectivity index (χ0) is 7.56. The Bertz CT molecular complexity index is 136. The summed E-state index contributed by atoms with van der Waals surface area (Å²) < 4.78 is 0. The SMILES string of the molecule is CCN(C)C1CCNC1=O. The van der Waals surface area contributed by atoms with E-state index < -0.39 is 0 Å². The van der Waals surface area contributed by atoms with E-state index in [-0.39, 0.29) is 11.9 Å². The third-order valence-corrected chi connectivity index (χ3v) is 2.05. The molecular formula is C7H14N2O. The molecule has 0 aliphatic carbocycles. The average molecular weight is 142 g/mol. The van der Waals surface area contributed by atoms with E-state index in [2.05, 4.69) is 17.1 Å². The van der Waals surface area contributed by atoms with Crippen LogP contribution in [-0.2, 0) is 4.79 Å². The van der Waals surface area contributed by atoms with Crippen molar-refractivity contribution >= 4 is 5.91 Å². The van der Waals surface area contributed by atoms with Crippen LogP contribution in [0.15, 0.2) is 0 Å². The lowest BCUT2D eigenvalue weighted by Gasteiger charge is -2.18. The van der Waals surface area contributed by atoms with Gasteiger partial charge in [-0.15, -0.1) is 0 Å². The molecule has 10 heavy (non-hydrogen) atoms. The van der Waals surface area contributed by atoms with Crippen LogP contribution in [0.1, 0.15) is 13.3 Å². The second-order valence-electron chi connectivity index (χ2n) is 2.67. The van der Waals surface area contributed by atoms with Crippen molar-refractivity contribution in [2.45, 2.75) is 19.4 Å². The number of amides is 1. The second kappa shape index (κ2) is 3.01. The van der Waals surface area contributed by atoms with Crippen LogP contribution in [-0.4, -0.2) is 37.0 Å². The molecule has 0 aromatic heterocycles. The normalized spacial score (nSPS) is 25.5. The molecule has 1 N–H and O–H groups in total. The van der Waals surface area contributed by atoms with E-state index in [1.807, 2.05) is 7.05 Å². The molecule has 0 saturated carbocycles. The van der Waals surface area contributed by atoms with Gasteiger partial charge < -0.3 is 5.32 Å². The standard InChI is InChI=1S/C7H14N2O/c1-3-9(2)6-4-5-8-7(6)10/h6H,3-5H2,1-2H3,(H,8,10). The third kappa shape index (κ3) is 1.29. The van der Waals surface area contributed by atoms with E-state index >= 15 is 0 Å². The molecule has 1 unspecified atom stereocenters. The highest BCUT2D eigenvalue weighted by molar-refractivity contribution is 5.83. The Balaban J connectivity index is 2.46. The molecule has 3 nitrogen and oxygen atoms in total. The second-order valence-corrected chi connectivity index (χ2v) is 2.67. The van der Waals surface area contributed by atoms with E-state index in [9.17, 15) is 4.79 Å². The molecule has 3 heteroatoms. The van der Waals surface area contributed by atoms with Gasteiger partial charge in [0.2, 0.25) is 5.91 Å². The fourth-order valence-electron chi connectivity index (χ4n) is 1.22. The first-order chi connectivity index (χ1) is 4.75.